The molecule has 4 nitrogen and oxygen atoms in total. The number of hydrogen-bond donors (Lipinski definition) is 0. The highest BCUT2D eigenvalue weighted by molar-refractivity contribution is 6.31. The Bertz CT molecular complexity index is 623. The molecule has 1 aliphatic rings. The van der Waals surface area contributed by atoms with Crippen LogP contribution in [0.5, 0.6) is 0 Å². The lowest BCUT2D eigenvalue weighted by Crippen LogP contribution is -2.33. The molecule has 1 fully saturated rings. The Morgan fingerprint density at radius 2 is 2.21 bits per heavy atom. The van der Waals surface area contributed by atoms with Crippen molar-refractivity contribution in [1.82, 2.24) is 9.88 Å². The van der Waals surface area contributed by atoms with Crippen LogP contribution in [0.4, 0.5) is 0 Å². The number of likely N-dealkylation sites (tertiary alicyclic amines) is 1. The summed E-state index contributed by atoms with van der Waals surface area (Å²) in [5.74, 6) is 1.15. The Morgan fingerprint density at radius 3 is 2.95 bits per heavy atom. The van der Waals surface area contributed by atoms with Crippen LogP contribution in [0, 0.1) is 11.3 Å². The van der Waals surface area contributed by atoms with Crippen molar-refractivity contribution in [3.63, 3.8) is 0 Å². The van der Waals surface area contributed by atoms with Gasteiger partial charge in [-0.25, -0.2) is 4.98 Å². The second-order valence-electron chi connectivity index (χ2n) is 4.87. The minimum absolute atomic E-state index is 0.348. The molecule has 5 heteroatoms. The minimum Gasteiger partial charge on any atom is -0.440 e. The predicted octanol–water partition coefficient (Wildman–Crippen LogP) is 3.18. The first kappa shape index (κ1) is 12.5. The van der Waals surface area contributed by atoms with E-state index in [1.807, 2.05) is 18.2 Å². The fourth-order valence-electron chi connectivity index (χ4n) is 2.53. The van der Waals surface area contributed by atoms with Crippen LogP contribution < -0.4 is 0 Å². The molecule has 0 amide bonds. The van der Waals surface area contributed by atoms with Gasteiger partial charge in [-0.2, -0.15) is 5.26 Å². The minimum atomic E-state index is 0.348. The maximum absolute atomic E-state index is 8.69. The zero-order chi connectivity index (χ0) is 13.2. The Morgan fingerprint density at radius 1 is 1.42 bits per heavy atom. The van der Waals surface area contributed by atoms with E-state index in [2.05, 4.69) is 16.0 Å². The Balaban J connectivity index is 1.77. The summed E-state index contributed by atoms with van der Waals surface area (Å²) in [7, 11) is 0. The van der Waals surface area contributed by atoms with Crippen LogP contribution >= 0.6 is 11.6 Å². The van der Waals surface area contributed by atoms with E-state index in [4.69, 9.17) is 21.3 Å². The highest BCUT2D eigenvalue weighted by Crippen LogP contribution is 2.30. The van der Waals surface area contributed by atoms with Crippen LogP contribution in [0.1, 0.15) is 24.7 Å². The molecule has 0 radical (unpaired) electrons. The molecule has 1 aromatic heterocycles. The monoisotopic (exact) mass is 275 g/mol. The van der Waals surface area contributed by atoms with Crippen LogP contribution in [0.2, 0.25) is 5.02 Å². The molecule has 98 valence electrons. The van der Waals surface area contributed by atoms with E-state index < -0.39 is 0 Å². The lowest BCUT2D eigenvalue weighted by molar-refractivity contribution is 0.221. The molecule has 2 heterocycles. The normalized spacial score (nSPS) is 17.7. The summed E-state index contributed by atoms with van der Waals surface area (Å²) in [6, 6.07) is 7.69. The van der Waals surface area contributed by atoms with Crippen LogP contribution in [0.25, 0.3) is 11.1 Å². The number of benzene rings is 1. The van der Waals surface area contributed by atoms with E-state index in [9.17, 15) is 0 Å². The van der Waals surface area contributed by atoms with Gasteiger partial charge in [-0.3, -0.25) is 4.90 Å². The molecule has 19 heavy (non-hydrogen) atoms. The number of fused-ring (bicyclic) bond motifs is 1. The molecular weight excluding hydrogens is 262 g/mol. The highest BCUT2D eigenvalue weighted by Gasteiger charge is 2.24. The van der Waals surface area contributed by atoms with Crippen LogP contribution in [0.3, 0.4) is 0 Å². The van der Waals surface area contributed by atoms with Crippen molar-refractivity contribution in [3.05, 3.63) is 29.1 Å². The van der Waals surface area contributed by atoms with Crippen molar-refractivity contribution >= 4 is 22.7 Å². The van der Waals surface area contributed by atoms with Gasteiger partial charge in [0.15, 0.2) is 11.5 Å². The predicted molar refractivity (Wildman–Crippen MR) is 73.0 cm³/mol. The van der Waals surface area contributed by atoms with Crippen molar-refractivity contribution in [1.29, 1.82) is 5.26 Å². The number of hydrogen-bond acceptors (Lipinski definition) is 4. The van der Waals surface area contributed by atoms with E-state index in [1.165, 1.54) is 0 Å². The molecule has 0 unspecified atom stereocenters. The zero-order valence-electron chi connectivity index (χ0n) is 10.5. The molecule has 0 bridgehead atoms. The van der Waals surface area contributed by atoms with Crippen LogP contribution in [-0.2, 0) is 0 Å². The zero-order valence-corrected chi connectivity index (χ0v) is 11.2. The number of nitrogens with zero attached hydrogens (tertiary/aromatic N) is 3. The average Bonchev–Trinajstić information content (AvgIpc) is 2.83. The molecule has 1 saturated heterocycles. The van der Waals surface area contributed by atoms with Gasteiger partial charge < -0.3 is 4.42 Å². The fraction of sp³-hybridized carbons (Fsp3) is 0.429. The summed E-state index contributed by atoms with van der Waals surface area (Å²) < 4.78 is 5.80. The molecule has 0 atom stereocenters. The van der Waals surface area contributed by atoms with Gasteiger partial charge in [0, 0.05) is 10.9 Å². The third kappa shape index (κ3) is 2.58. The van der Waals surface area contributed by atoms with E-state index in [0.29, 0.717) is 17.5 Å². The average molecular weight is 276 g/mol. The Labute approximate surface area is 116 Å². The first-order valence-corrected chi connectivity index (χ1v) is 6.79. The quantitative estimate of drug-likeness (QED) is 0.790. The SMILES string of the molecule is N#CCN1CCC(c2nc3cc(Cl)ccc3o2)CC1. The maximum Gasteiger partial charge on any atom is 0.198 e. The summed E-state index contributed by atoms with van der Waals surface area (Å²) in [5, 5.41) is 9.36. The lowest BCUT2D eigenvalue weighted by atomic mass is 9.97. The van der Waals surface area contributed by atoms with Gasteiger partial charge in [0.2, 0.25) is 0 Å². The molecule has 0 aliphatic carbocycles. The number of oxazole rings is 1. The smallest absolute Gasteiger partial charge is 0.198 e. The van der Waals surface area contributed by atoms with Gasteiger partial charge in [-0.05, 0) is 44.1 Å². The van der Waals surface area contributed by atoms with E-state index in [1.54, 1.807) is 0 Å². The summed E-state index contributed by atoms with van der Waals surface area (Å²) in [4.78, 5) is 6.70. The van der Waals surface area contributed by atoms with Crippen molar-refractivity contribution in [2.45, 2.75) is 18.8 Å². The fourth-order valence-corrected chi connectivity index (χ4v) is 2.70. The van der Waals surface area contributed by atoms with Crippen LogP contribution in [0.15, 0.2) is 22.6 Å². The van der Waals surface area contributed by atoms with E-state index in [-0.39, 0.29) is 0 Å². The van der Waals surface area contributed by atoms with Gasteiger partial charge in [-0.1, -0.05) is 11.6 Å². The molecule has 0 spiro atoms. The molecule has 0 saturated carbocycles. The standard InChI is InChI=1S/C14H14ClN3O/c15-11-1-2-13-12(9-11)17-14(19-13)10-3-6-18(7-4-10)8-5-16/h1-2,9-10H,3-4,6-8H2. The number of rotatable bonds is 2. The molecule has 1 aromatic carbocycles. The number of aromatic nitrogens is 1. The largest absolute Gasteiger partial charge is 0.440 e. The molecule has 0 N–H and O–H groups in total. The summed E-state index contributed by atoms with van der Waals surface area (Å²) in [5.41, 5.74) is 1.61. The second kappa shape index (κ2) is 5.20. The molecule has 1 aliphatic heterocycles. The number of nitriles is 1. The Kier molecular flexibility index (Phi) is 3.41. The topological polar surface area (TPSA) is 53.1 Å². The summed E-state index contributed by atoms with van der Waals surface area (Å²) in [6.07, 6.45) is 1.98. The van der Waals surface area contributed by atoms with Crippen LogP contribution in [-0.4, -0.2) is 29.5 Å². The molecule has 3 rings (SSSR count). The number of halogens is 1. The van der Waals surface area contributed by atoms with Gasteiger partial charge in [0.05, 0.1) is 12.6 Å². The lowest BCUT2D eigenvalue weighted by Gasteiger charge is -2.28. The van der Waals surface area contributed by atoms with E-state index in [0.717, 1.165) is 42.9 Å². The summed E-state index contributed by atoms with van der Waals surface area (Å²) in [6.45, 7) is 2.37. The third-order valence-electron chi connectivity index (χ3n) is 3.60. The highest BCUT2D eigenvalue weighted by atomic mass is 35.5. The third-order valence-corrected chi connectivity index (χ3v) is 3.83. The first-order chi connectivity index (χ1) is 9.26. The van der Waals surface area contributed by atoms with Gasteiger partial charge in [-0.15, -0.1) is 0 Å². The summed E-state index contributed by atoms with van der Waals surface area (Å²) >= 11 is 5.95. The van der Waals surface area contributed by atoms with E-state index >= 15 is 0 Å². The van der Waals surface area contributed by atoms with Gasteiger partial charge in [0.25, 0.3) is 0 Å². The van der Waals surface area contributed by atoms with Gasteiger partial charge >= 0.3 is 0 Å². The number of piperidine rings is 1. The maximum atomic E-state index is 8.69. The van der Waals surface area contributed by atoms with Crippen molar-refractivity contribution in [3.8, 4) is 6.07 Å². The van der Waals surface area contributed by atoms with Crippen molar-refractivity contribution < 1.29 is 4.42 Å². The molecule has 2 aromatic rings. The van der Waals surface area contributed by atoms with Crippen molar-refractivity contribution in [2.24, 2.45) is 0 Å². The van der Waals surface area contributed by atoms with Gasteiger partial charge in [0.1, 0.15) is 5.52 Å². The first-order valence-electron chi connectivity index (χ1n) is 6.41. The Hall–Kier alpha value is -1.57. The van der Waals surface area contributed by atoms with Crippen molar-refractivity contribution in [2.75, 3.05) is 19.6 Å². The molecular formula is C14H14ClN3O. The second-order valence-corrected chi connectivity index (χ2v) is 5.31.